The lowest BCUT2D eigenvalue weighted by Gasteiger charge is -2.26. The number of aliphatic hydroxyl groups excluding tert-OH is 1. The number of ether oxygens (including phenoxy) is 4. The van der Waals surface area contributed by atoms with Crippen molar-refractivity contribution >= 4 is 23.9 Å². The highest BCUT2D eigenvalue weighted by Gasteiger charge is 2.24. The van der Waals surface area contributed by atoms with E-state index in [-0.39, 0.29) is 40.7 Å². The predicted molar refractivity (Wildman–Crippen MR) is 185 cm³/mol. The van der Waals surface area contributed by atoms with Gasteiger partial charge in [0.1, 0.15) is 23.0 Å². The third-order valence-corrected chi connectivity index (χ3v) is 7.56. The third-order valence-electron chi connectivity index (χ3n) is 7.56. The summed E-state index contributed by atoms with van der Waals surface area (Å²) in [6.45, 7) is 4.71. The molecule has 0 amide bonds. The number of hydrogen-bond donors (Lipinski definition) is 2. The minimum atomic E-state index is -0.683. The van der Waals surface area contributed by atoms with Crippen LogP contribution in [-0.2, 0) is 5.41 Å². The second-order valence-electron chi connectivity index (χ2n) is 11.8. The molecular formula is C40H35NO9. The van der Waals surface area contributed by atoms with Crippen LogP contribution in [0.5, 0.6) is 23.0 Å². The monoisotopic (exact) mass is 673 g/mol. The fraction of sp³-hybridized carbons (Fsp3) is 0.150. The molecule has 2 N–H and O–H groups in total. The number of nitrogens with one attached hydrogen (secondary N) is 1. The number of esters is 4. The zero-order chi connectivity index (χ0) is 35.5. The summed E-state index contributed by atoms with van der Waals surface area (Å²) in [6.07, 6.45) is 0. The van der Waals surface area contributed by atoms with Crippen LogP contribution in [0.4, 0.5) is 0 Å². The highest BCUT2D eigenvalue weighted by Crippen LogP contribution is 2.32. The smallest absolute Gasteiger partial charge is 0.343 e. The van der Waals surface area contributed by atoms with Crippen LogP contribution in [0.3, 0.4) is 0 Å². The molecule has 0 saturated heterocycles. The van der Waals surface area contributed by atoms with E-state index < -0.39 is 29.3 Å². The van der Waals surface area contributed by atoms with E-state index in [4.69, 9.17) is 18.9 Å². The first kappa shape index (κ1) is 35.2. The second kappa shape index (κ2) is 16.3. The number of carbonyl (C=O) groups excluding carboxylic acids is 4. The molecule has 0 aliphatic carbocycles. The number of carbonyl (C=O) groups is 4. The molecule has 0 heterocycles. The Kier molecular flexibility index (Phi) is 11.5. The first-order valence-electron chi connectivity index (χ1n) is 15.8. The summed E-state index contributed by atoms with van der Waals surface area (Å²) in [5.74, 6) is -1.65. The van der Waals surface area contributed by atoms with E-state index in [2.05, 4.69) is 5.32 Å². The number of benzene rings is 5. The van der Waals surface area contributed by atoms with Gasteiger partial charge in [-0.1, -0.05) is 50.2 Å². The van der Waals surface area contributed by atoms with Gasteiger partial charge in [-0.15, -0.1) is 0 Å². The van der Waals surface area contributed by atoms with E-state index in [9.17, 15) is 24.3 Å². The minimum absolute atomic E-state index is 0.0366. The molecule has 0 atom stereocenters. The molecule has 0 fully saturated rings. The Bertz CT molecular complexity index is 1810. The van der Waals surface area contributed by atoms with E-state index in [1.165, 1.54) is 54.6 Å². The van der Waals surface area contributed by atoms with E-state index in [1.807, 2.05) is 13.8 Å². The summed E-state index contributed by atoms with van der Waals surface area (Å²) in [5.41, 5.74) is 1.34. The van der Waals surface area contributed by atoms with Gasteiger partial charge in [0.2, 0.25) is 0 Å². The van der Waals surface area contributed by atoms with Gasteiger partial charge in [0.15, 0.2) is 0 Å². The van der Waals surface area contributed by atoms with Crippen molar-refractivity contribution in [2.75, 3.05) is 19.7 Å². The van der Waals surface area contributed by atoms with Crippen molar-refractivity contribution in [1.82, 2.24) is 5.32 Å². The van der Waals surface area contributed by atoms with Crippen LogP contribution in [0.15, 0.2) is 127 Å². The van der Waals surface area contributed by atoms with Crippen molar-refractivity contribution in [2.24, 2.45) is 0 Å². The topological polar surface area (TPSA) is 137 Å². The summed E-state index contributed by atoms with van der Waals surface area (Å²) in [7, 11) is 0. The van der Waals surface area contributed by atoms with Gasteiger partial charge in [0.05, 0.1) is 28.9 Å². The largest absolute Gasteiger partial charge is 0.423 e. The maximum absolute atomic E-state index is 13.2. The Morgan fingerprint density at radius 3 is 1.26 bits per heavy atom. The van der Waals surface area contributed by atoms with Crippen LogP contribution in [0.25, 0.3) is 0 Å². The maximum atomic E-state index is 13.2. The molecule has 0 aliphatic heterocycles. The van der Waals surface area contributed by atoms with E-state index >= 15 is 0 Å². The van der Waals surface area contributed by atoms with Crippen LogP contribution in [-0.4, -0.2) is 48.7 Å². The quantitative estimate of drug-likeness (QED) is 0.0818. The zero-order valence-electron chi connectivity index (χ0n) is 27.5. The van der Waals surface area contributed by atoms with Crippen LogP contribution < -0.4 is 24.3 Å². The average molecular weight is 674 g/mol. The average Bonchev–Trinajstić information content (AvgIpc) is 3.13. The van der Waals surface area contributed by atoms with Crippen molar-refractivity contribution in [3.63, 3.8) is 0 Å². The fourth-order valence-corrected chi connectivity index (χ4v) is 4.79. The second-order valence-corrected chi connectivity index (χ2v) is 11.8. The first-order valence-corrected chi connectivity index (χ1v) is 15.8. The molecule has 0 saturated carbocycles. The molecule has 0 unspecified atom stereocenters. The summed E-state index contributed by atoms with van der Waals surface area (Å²) in [6, 6.07) is 33.7. The number of rotatable bonds is 13. The Labute approximate surface area is 289 Å². The molecule has 0 spiro atoms. The number of aliphatic hydroxyl groups is 1. The lowest BCUT2D eigenvalue weighted by Crippen LogP contribution is -2.34. The molecule has 5 aromatic rings. The van der Waals surface area contributed by atoms with Crippen molar-refractivity contribution in [3.8, 4) is 23.0 Å². The van der Waals surface area contributed by atoms with Gasteiger partial charge in [0.25, 0.3) is 0 Å². The lowest BCUT2D eigenvalue weighted by atomic mass is 9.84. The van der Waals surface area contributed by atoms with Gasteiger partial charge in [-0.25, -0.2) is 19.2 Å². The van der Waals surface area contributed by atoms with Crippen LogP contribution >= 0.6 is 0 Å². The van der Waals surface area contributed by atoms with Gasteiger partial charge in [0, 0.05) is 24.6 Å². The van der Waals surface area contributed by atoms with Gasteiger partial charge in [-0.3, -0.25) is 0 Å². The minimum Gasteiger partial charge on any atom is -0.423 e. The summed E-state index contributed by atoms with van der Waals surface area (Å²) < 4.78 is 22.2. The van der Waals surface area contributed by atoms with Gasteiger partial charge >= 0.3 is 23.9 Å². The summed E-state index contributed by atoms with van der Waals surface area (Å²) >= 11 is 0. The SMILES string of the molecule is CC(C)(CNCCO)c1cc(OC(=O)c2ccc(OC(=O)c3ccccc3)cc2)cc(OC(=O)c2ccc(OC(=O)c3ccccc3)cc2)c1. The highest BCUT2D eigenvalue weighted by molar-refractivity contribution is 5.94. The van der Waals surface area contributed by atoms with E-state index in [0.29, 0.717) is 29.8 Å². The predicted octanol–water partition coefficient (Wildman–Crippen LogP) is 6.42. The van der Waals surface area contributed by atoms with Crippen molar-refractivity contribution in [3.05, 3.63) is 155 Å². The van der Waals surface area contributed by atoms with Crippen LogP contribution in [0, 0.1) is 0 Å². The Morgan fingerprint density at radius 1 is 0.520 bits per heavy atom. The number of hydrogen-bond acceptors (Lipinski definition) is 10. The van der Waals surface area contributed by atoms with E-state index in [0.717, 1.165) is 0 Å². The normalized spacial score (nSPS) is 10.9. The molecule has 254 valence electrons. The molecular weight excluding hydrogens is 638 g/mol. The van der Waals surface area contributed by atoms with Crippen molar-refractivity contribution in [2.45, 2.75) is 19.3 Å². The van der Waals surface area contributed by atoms with Gasteiger partial charge in [-0.05, 0) is 90.5 Å². The van der Waals surface area contributed by atoms with Crippen molar-refractivity contribution < 1.29 is 43.2 Å². The summed E-state index contributed by atoms with van der Waals surface area (Å²) in [5, 5.41) is 12.4. The Hall–Kier alpha value is -6.10. The highest BCUT2D eigenvalue weighted by atomic mass is 16.6. The van der Waals surface area contributed by atoms with E-state index in [1.54, 1.807) is 72.8 Å². The van der Waals surface area contributed by atoms with Crippen LogP contribution in [0.1, 0.15) is 60.8 Å². The Balaban J connectivity index is 1.30. The van der Waals surface area contributed by atoms with Gasteiger partial charge < -0.3 is 29.4 Å². The molecule has 10 heteroatoms. The molecule has 0 aromatic heterocycles. The summed E-state index contributed by atoms with van der Waals surface area (Å²) in [4.78, 5) is 51.1. The fourth-order valence-electron chi connectivity index (χ4n) is 4.79. The zero-order valence-corrected chi connectivity index (χ0v) is 27.5. The molecule has 0 bridgehead atoms. The molecule has 5 rings (SSSR count). The maximum Gasteiger partial charge on any atom is 0.343 e. The molecule has 10 nitrogen and oxygen atoms in total. The third kappa shape index (κ3) is 9.50. The lowest BCUT2D eigenvalue weighted by molar-refractivity contribution is 0.0723. The molecule has 5 aromatic carbocycles. The van der Waals surface area contributed by atoms with Crippen molar-refractivity contribution in [1.29, 1.82) is 0 Å². The Morgan fingerprint density at radius 2 is 0.880 bits per heavy atom. The van der Waals surface area contributed by atoms with Gasteiger partial charge in [-0.2, -0.15) is 0 Å². The standard InChI is InChI=1S/C40H35NO9/c1-40(2,26-41-21-22-42)31-23-34(49-38(45)29-13-17-32(18-14-29)47-36(43)27-9-5-3-6-10-27)25-35(24-31)50-39(46)30-15-19-33(20-16-30)48-37(44)28-11-7-4-8-12-28/h3-20,23-25,41-42H,21-22,26H2,1-2H3. The molecule has 0 aliphatic rings. The molecule has 0 radical (unpaired) electrons. The molecule has 50 heavy (non-hydrogen) atoms. The van der Waals surface area contributed by atoms with Crippen LogP contribution in [0.2, 0.25) is 0 Å². The first-order chi connectivity index (χ1) is 24.1.